The van der Waals surface area contributed by atoms with Crippen LogP contribution in [0.5, 0.6) is 5.75 Å². The summed E-state index contributed by atoms with van der Waals surface area (Å²) in [4.78, 5) is 27.9. The highest BCUT2D eigenvalue weighted by atomic mass is 16.4. The van der Waals surface area contributed by atoms with Crippen LogP contribution in [0.25, 0.3) is 21.9 Å². The second-order valence-electron chi connectivity index (χ2n) is 8.03. The van der Waals surface area contributed by atoms with Crippen molar-refractivity contribution in [3.63, 3.8) is 0 Å². The van der Waals surface area contributed by atoms with Crippen LogP contribution in [0.2, 0.25) is 0 Å². The molecule has 168 valence electrons. The second kappa shape index (κ2) is 8.71. The number of nitrogens with one attached hydrogen (secondary N) is 1. The van der Waals surface area contributed by atoms with E-state index >= 15 is 0 Å². The number of benzene rings is 4. The van der Waals surface area contributed by atoms with Crippen molar-refractivity contribution >= 4 is 33.7 Å². The number of phenolic OH excluding ortho intramolecular Hbond substituents is 1. The third-order valence-electron chi connectivity index (χ3n) is 5.78. The molecule has 5 aromatic rings. The van der Waals surface area contributed by atoms with E-state index in [2.05, 4.69) is 10.3 Å². The number of carboxylic acid groups (broad SMARTS) is 1. The number of hydrogen-bond acceptors (Lipinski definition) is 5. The van der Waals surface area contributed by atoms with E-state index in [1.54, 1.807) is 42.5 Å². The molecule has 4 aromatic carbocycles. The van der Waals surface area contributed by atoms with Crippen molar-refractivity contribution in [2.24, 2.45) is 0 Å². The number of carbonyl (C=O) groups excluding carboxylic acids is 1. The van der Waals surface area contributed by atoms with Gasteiger partial charge in [0.2, 0.25) is 0 Å². The molecule has 0 radical (unpaired) electrons. The Labute approximate surface area is 194 Å². The minimum Gasteiger partial charge on any atom is -0.507 e. The van der Waals surface area contributed by atoms with Crippen LogP contribution in [0.4, 0.5) is 0 Å². The molecule has 1 aromatic heterocycles. The number of oxazole rings is 1. The Bertz CT molecular complexity index is 1540. The molecular formula is C27H20N2O5. The molecule has 34 heavy (non-hydrogen) atoms. The number of aromatic hydroxyl groups is 1. The summed E-state index contributed by atoms with van der Waals surface area (Å²) < 4.78 is 5.24. The molecule has 7 heteroatoms. The summed E-state index contributed by atoms with van der Waals surface area (Å²) in [5.74, 6) is -1.13. The Kier molecular flexibility index (Phi) is 5.43. The molecule has 0 unspecified atom stereocenters. The normalized spacial score (nSPS) is 11.1. The third-order valence-corrected chi connectivity index (χ3v) is 5.78. The lowest BCUT2D eigenvalue weighted by molar-refractivity contribution is 0.0696. The summed E-state index contributed by atoms with van der Waals surface area (Å²) in [6.45, 7) is 0.331. The van der Waals surface area contributed by atoms with Crippen molar-refractivity contribution in [3.8, 4) is 5.75 Å². The molecule has 1 amide bonds. The van der Waals surface area contributed by atoms with Crippen LogP contribution < -0.4 is 5.32 Å². The maximum atomic E-state index is 12.8. The highest BCUT2D eigenvalue weighted by molar-refractivity contribution is 6.00. The fraction of sp³-hybridized carbons (Fsp3) is 0.0741. The zero-order valence-electron chi connectivity index (χ0n) is 18.0. The lowest BCUT2D eigenvalue weighted by Crippen LogP contribution is -2.22. The summed E-state index contributed by atoms with van der Waals surface area (Å²) in [7, 11) is 0. The molecule has 0 bridgehead atoms. The Hall–Kier alpha value is -4.65. The maximum absolute atomic E-state index is 12.8. The fourth-order valence-electron chi connectivity index (χ4n) is 3.92. The minimum absolute atomic E-state index is 0.103. The topological polar surface area (TPSA) is 113 Å². The number of aromatic carboxylic acids is 1. The van der Waals surface area contributed by atoms with Gasteiger partial charge >= 0.3 is 5.97 Å². The largest absolute Gasteiger partial charge is 0.507 e. The van der Waals surface area contributed by atoms with Crippen molar-refractivity contribution in [2.75, 3.05) is 0 Å². The first-order chi connectivity index (χ1) is 16.5. The van der Waals surface area contributed by atoms with Gasteiger partial charge < -0.3 is 19.9 Å². The SMILES string of the molecule is O=C(O)c1ccc(Cc2ccc3ccc(C(=O)NCc4ccc5ocnc5c4)cc3c2O)cc1. The number of aromatic nitrogens is 1. The highest BCUT2D eigenvalue weighted by Gasteiger charge is 2.12. The Morgan fingerprint density at radius 1 is 0.882 bits per heavy atom. The monoisotopic (exact) mass is 452 g/mol. The number of fused-ring (bicyclic) bond motifs is 2. The van der Waals surface area contributed by atoms with Crippen molar-refractivity contribution in [3.05, 3.63) is 107 Å². The zero-order valence-corrected chi connectivity index (χ0v) is 18.0. The molecule has 0 atom stereocenters. The molecule has 0 spiro atoms. The third kappa shape index (κ3) is 4.19. The molecule has 0 aliphatic rings. The molecule has 5 rings (SSSR count). The number of hydrogen-bond donors (Lipinski definition) is 3. The zero-order chi connectivity index (χ0) is 23.7. The summed E-state index contributed by atoms with van der Waals surface area (Å²) in [5, 5.41) is 24.3. The van der Waals surface area contributed by atoms with Gasteiger partial charge in [-0.3, -0.25) is 4.79 Å². The first-order valence-corrected chi connectivity index (χ1v) is 10.6. The molecule has 1 heterocycles. The van der Waals surface area contributed by atoms with E-state index in [4.69, 9.17) is 9.52 Å². The minimum atomic E-state index is -0.982. The number of carboxylic acids is 1. The standard InChI is InChI=1S/C27H20N2O5/c30-25-20(11-16-1-4-19(5-2-16)27(32)33)8-6-18-7-9-21(13-22(18)25)26(31)28-14-17-3-10-24-23(12-17)29-15-34-24/h1-10,12-13,15,30H,11,14H2,(H,28,31)(H,32,33). The van der Waals surface area contributed by atoms with Gasteiger partial charge in [-0.25, -0.2) is 9.78 Å². The van der Waals surface area contributed by atoms with Crippen LogP contribution in [0.15, 0.2) is 83.6 Å². The van der Waals surface area contributed by atoms with Crippen LogP contribution in [0, 0.1) is 0 Å². The summed E-state index contributed by atoms with van der Waals surface area (Å²) >= 11 is 0. The van der Waals surface area contributed by atoms with E-state index in [1.807, 2.05) is 30.3 Å². The van der Waals surface area contributed by atoms with Gasteiger partial charge in [0.05, 0.1) is 5.56 Å². The molecule has 7 nitrogen and oxygen atoms in total. The first-order valence-electron chi connectivity index (χ1n) is 10.6. The molecule has 0 saturated heterocycles. The van der Waals surface area contributed by atoms with Gasteiger partial charge in [-0.2, -0.15) is 0 Å². The highest BCUT2D eigenvalue weighted by Crippen LogP contribution is 2.31. The Morgan fingerprint density at radius 3 is 2.41 bits per heavy atom. The Morgan fingerprint density at radius 2 is 1.62 bits per heavy atom. The van der Waals surface area contributed by atoms with E-state index in [9.17, 15) is 14.7 Å². The van der Waals surface area contributed by atoms with Crippen LogP contribution in [-0.4, -0.2) is 27.1 Å². The van der Waals surface area contributed by atoms with Crippen LogP contribution in [-0.2, 0) is 13.0 Å². The van der Waals surface area contributed by atoms with Gasteiger partial charge in [-0.15, -0.1) is 0 Å². The van der Waals surface area contributed by atoms with E-state index < -0.39 is 5.97 Å². The average molecular weight is 452 g/mol. The van der Waals surface area contributed by atoms with E-state index in [0.29, 0.717) is 35.1 Å². The van der Waals surface area contributed by atoms with Crippen LogP contribution in [0.3, 0.4) is 0 Å². The molecule has 0 fully saturated rings. The number of carbonyl (C=O) groups is 2. The number of rotatable bonds is 6. The lowest BCUT2D eigenvalue weighted by Gasteiger charge is -2.11. The average Bonchev–Trinajstić information content (AvgIpc) is 3.32. The Balaban J connectivity index is 1.35. The van der Waals surface area contributed by atoms with Gasteiger partial charge in [0.15, 0.2) is 12.0 Å². The van der Waals surface area contributed by atoms with Gasteiger partial charge in [-0.1, -0.05) is 36.4 Å². The second-order valence-corrected chi connectivity index (χ2v) is 8.03. The first kappa shape index (κ1) is 21.2. The van der Waals surface area contributed by atoms with Gasteiger partial charge in [0.1, 0.15) is 11.3 Å². The van der Waals surface area contributed by atoms with E-state index in [-0.39, 0.29) is 17.2 Å². The molecular weight excluding hydrogens is 432 g/mol. The van der Waals surface area contributed by atoms with Crippen LogP contribution in [0.1, 0.15) is 37.4 Å². The lowest BCUT2D eigenvalue weighted by atomic mass is 9.98. The fourth-order valence-corrected chi connectivity index (χ4v) is 3.92. The maximum Gasteiger partial charge on any atom is 0.335 e. The number of nitrogens with zero attached hydrogens (tertiary/aromatic N) is 1. The summed E-state index contributed by atoms with van der Waals surface area (Å²) in [6, 6.07) is 21.0. The molecule has 3 N–H and O–H groups in total. The number of amides is 1. The van der Waals surface area contributed by atoms with Crippen LogP contribution >= 0.6 is 0 Å². The van der Waals surface area contributed by atoms with Crippen molar-refractivity contribution in [1.29, 1.82) is 0 Å². The predicted octanol–water partition coefficient (Wildman–Crippen LogP) is 4.91. The van der Waals surface area contributed by atoms with Crippen molar-refractivity contribution < 1.29 is 24.2 Å². The van der Waals surface area contributed by atoms with E-state index in [1.165, 1.54) is 6.39 Å². The van der Waals surface area contributed by atoms with Gasteiger partial charge in [0.25, 0.3) is 5.91 Å². The van der Waals surface area contributed by atoms with Crippen molar-refractivity contribution in [2.45, 2.75) is 13.0 Å². The number of phenols is 1. The van der Waals surface area contributed by atoms with Gasteiger partial charge in [0, 0.05) is 23.9 Å². The quantitative estimate of drug-likeness (QED) is 0.338. The molecule has 0 saturated carbocycles. The molecule has 0 aliphatic carbocycles. The smallest absolute Gasteiger partial charge is 0.335 e. The van der Waals surface area contributed by atoms with Crippen molar-refractivity contribution in [1.82, 2.24) is 10.3 Å². The van der Waals surface area contributed by atoms with E-state index in [0.717, 1.165) is 22.0 Å². The predicted molar refractivity (Wildman–Crippen MR) is 127 cm³/mol. The summed E-state index contributed by atoms with van der Waals surface area (Å²) in [6.07, 6.45) is 1.82. The summed E-state index contributed by atoms with van der Waals surface area (Å²) in [5.41, 5.74) is 4.53. The molecule has 0 aliphatic heterocycles. The van der Waals surface area contributed by atoms with Gasteiger partial charge in [-0.05, 0) is 58.5 Å².